The summed E-state index contributed by atoms with van der Waals surface area (Å²) in [5.41, 5.74) is 0.305. The molecule has 1 aromatic carbocycles. The Morgan fingerprint density at radius 1 is 1.38 bits per heavy atom. The molecule has 0 spiro atoms. The van der Waals surface area contributed by atoms with Gasteiger partial charge in [0.25, 0.3) is 0 Å². The molecule has 0 atom stereocenters. The van der Waals surface area contributed by atoms with E-state index in [1.807, 2.05) is 18.2 Å². The largest absolute Gasteiger partial charge is 0.389 e. The third-order valence-corrected chi connectivity index (χ3v) is 4.09. The Hall–Kier alpha value is -0.0900. The molecule has 1 N–H and O–H groups in total. The third-order valence-electron chi connectivity index (χ3n) is 2.99. The minimum absolute atomic E-state index is 0.580. The van der Waals surface area contributed by atoms with Crippen LogP contribution in [0.2, 0.25) is 5.02 Å². The molecule has 1 heterocycles. The van der Waals surface area contributed by atoms with E-state index in [4.69, 9.17) is 16.3 Å². The van der Waals surface area contributed by atoms with Crippen molar-refractivity contribution in [3.8, 4) is 0 Å². The predicted octanol–water partition coefficient (Wildman–Crippen LogP) is 3.19. The Labute approximate surface area is 109 Å². The highest BCUT2D eigenvalue weighted by Crippen LogP contribution is 2.32. The van der Waals surface area contributed by atoms with E-state index >= 15 is 0 Å². The summed E-state index contributed by atoms with van der Waals surface area (Å²) in [6, 6.07) is 5.69. The molecular formula is C12H14BrClO2. The number of ether oxygens (including phenoxy) is 1. The second kappa shape index (κ2) is 5.05. The Bertz CT molecular complexity index is 355. The highest BCUT2D eigenvalue weighted by molar-refractivity contribution is 9.10. The van der Waals surface area contributed by atoms with Gasteiger partial charge in [0, 0.05) is 29.1 Å². The zero-order valence-electron chi connectivity index (χ0n) is 8.88. The van der Waals surface area contributed by atoms with Gasteiger partial charge in [0.05, 0.1) is 5.60 Å². The molecule has 0 saturated carbocycles. The first-order valence-electron chi connectivity index (χ1n) is 5.34. The van der Waals surface area contributed by atoms with Gasteiger partial charge in [-0.2, -0.15) is 0 Å². The minimum Gasteiger partial charge on any atom is -0.389 e. The fourth-order valence-electron chi connectivity index (χ4n) is 1.96. The van der Waals surface area contributed by atoms with Crippen LogP contribution in [0, 0.1) is 0 Å². The molecule has 4 heteroatoms. The van der Waals surface area contributed by atoms with E-state index in [1.54, 1.807) is 0 Å². The summed E-state index contributed by atoms with van der Waals surface area (Å²) in [6.45, 7) is 1.25. The van der Waals surface area contributed by atoms with Gasteiger partial charge < -0.3 is 9.84 Å². The van der Waals surface area contributed by atoms with Gasteiger partial charge in [-0.3, -0.25) is 0 Å². The Kier molecular flexibility index (Phi) is 3.90. The highest BCUT2D eigenvalue weighted by atomic mass is 79.9. The molecule has 1 aromatic rings. The molecule has 1 aliphatic rings. The predicted molar refractivity (Wildman–Crippen MR) is 67.9 cm³/mol. The first-order chi connectivity index (χ1) is 7.61. The number of rotatable bonds is 2. The fraction of sp³-hybridized carbons (Fsp3) is 0.500. The zero-order valence-corrected chi connectivity index (χ0v) is 11.2. The van der Waals surface area contributed by atoms with Crippen molar-refractivity contribution in [2.24, 2.45) is 0 Å². The van der Waals surface area contributed by atoms with Crippen LogP contribution < -0.4 is 0 Å². The van der Waals surface area contributed by atoms with E-state index in [9.17, 15) is 5.11 Å². The molecule has 0 bridgehead atoms. The standard InChI is InChI=1S/C12H14BrClO2/c13-10-2-1-3-11(14)9(10)8-12(15)4-6-16-7-5-12/h1-3,15H,4-8H2. The SMILES string of the molecule is OC1(Cc2c(Cl)cccc2Br)CCOCC1. The van der Waals surface area contributed by atoms with Gasteiger partial charge in [-0.1, -0.05) is 33.6 Å². The summed E-state index contributed by atoms with van der Waals surface area (Å²) >= 11 is 9.61. The molecule has 1 fully saturated rings. The number of aliphatic hydroxyl groups is 1. The number of hydrogen-bond acceptors (Lipinski definition) is 2. The van der Waals surface area contributed by atoms with Gasteiger partial charge in [0.15, 0.2) is 0 Å². The van der Waals surface area contributed by atoms with Crippen LogP contribution in [0.4, 0.5) is 0 Å². The maximum atomic E-state index is 10.4. The van der Waals surface area contributed by atoms with Crippen molar-refractivity contribution in [3.63, 3.8) is 0 Å². The van der Waals surface area contributed by atoms with E-state index in [2.05, 4.69) is 15.9 Å². The second-order valence-electron chi connectivity index (χ2n) is 4.21. The molecule has 1 saturated heterocycles. The summed E-state index contributed by atoms with van der Waals surface area (Å²) in [5, 5.41) is 11.1. The van der Waals surface area contributed by atoms with Crippen LogP contribution in [0.15, 0.2) is 22.7 Å². The molecule has 0 radical (unpaired) electrons. The molecule has 0 unspecified atom stereocenters. The maximum Gasteiger partial charge on any atom is 0.0732 e. The monoisotopic (exact) mass is 304 g/mol. The number of hydrogen-bond donors (Lipinski definition) is 1. The average Bonchev–Trinajstić information content (AvgIpc) is 2.25. The van der Waals surface area contributed by atoms with E-state index in [0.29, 0.717) is 37.5 Å². The van der Waals surface area contributed by atoms with Gasteiger partial charge in [-0.15, -0.1) is 0 Å². The van der Waals surface area contributed by atoms with Crippen LogP contribution in [0.3, 0.4) is 0 Å². The van der Waals surface area contributed by atoms with E-state index < -0.39 is 5.60 Å². The van der Waals surface area contributed by atoms with Gasteiger partial charge in [0.1, 0.15) is 0 Å². The van der Waals surface area contributed by atoms with E-state index in [-0.39, 0.29) is 0 Å². The molecule has 0 aromatic heterocycles. The number of benzene rings is 1. The molecule has 16 heavy (non-hydrogen) atoms. The van der Waals surface area contributed by atoms with Crippen LogP contribution in [0.1, 0.15) is 18.4 Å². The van der Waals surface area contributed by atoms with Crippen LogP contribution in [-0.4, -0.2) is 23.9 Å². The van der Waals surface area contributed by atoms with Crippen molar-refractivity contribution in [1.82, 2.24) is 0 Å². The van der Waals surface area contributed by atoms with Crippen molar-refractivity contribution >= 4 is 27.5 Å². The van der Waals surface area contributed by atoms with Gasteiger partial charge in [0.2, 0.25) is 0 Å². The van der Waals surface area contributed by atoms with Crippen molar-refractivity contribution in [3.05, 3.63) is 33.3 Å². The van der Waals surface area contributed by atoms with Gasteiger partial charge in [-0.25, -0.2) is 0 Å². The topological polar surface area (TPSA) is 29.5 Å². The van der Waals surface area contributed by atoms with Crippen molar-refractivity contribution in [1.29, 1.82) is 0 Å². The zero-order chi connectivity index (χ0) is 11.6. The van der Waals surface area contributed by atoms with Gasteiger partial charge >= 0.3 is 0 Å². The van der Waals surface area contributed by atoms with E-state index in [1.165, 1.54) is 0 Å². The lowest BCUT2D eigenvalue weighted by Gasteiger charge is -2.32. The Balaban J connectivity index is 2.19. The normalized spacial score (nSPS) is 19.7. The average molecular weight is 306 g/mol. The summed E-state index contributed by atoms with van der Waals surface area (Å²) in [6.07, 6.45) is 1.92. The molecule has 1 aliphatic heterocycles. The van der Waals surface area contributed by atoms with Crippen molar-refractivity contribution in [2.45, 2.75) is 24.9 Å². The molecule has 0 aliphatic carbocycles. The third kappa shape index (κ3) is 2.77. The van der Waals surface area contributed by atoms with Gasteiger partial charge in [-0.05, 0) is 30.5 Å². The van der Waals surface area contributed by atoms with Crippen LogP contribution in [0.5, 0.6) is 0 Å². The summed E-state index contributed by atoms with van der Waals surface area (Å²) in [7, 11) is 0. The molecule has 88 valence electrons. The molecule has 2 rings (SSSR count). The molecule has 0 amide bonds. The first-order valence-corrected chi connectivity index (χ1v) is 6.51. The van der Waals surface area contributed by atoms with Crippen LogP contribution in [0.25, 0.3) is 0 Å². The van der Waals surface area contributed by atoms with E-state index in [0.717, 1.165) is 10.0 Å². The highest BCUT2D eigenvalue weighted by Gasteiger charge is 2.31. The van der Waals surface area contributed by atoms with Crippen LogP contribution in [-0.2, 0) is 11.2 Å². The van der Waals surface area contributed by atoms with Crippen molar-refractivity contribution in [2.75, 3.05) is 13.2 Å². The second-order valence-corrected chi connectivity index (χ2v) is 5.48. The summed E-state index contributed by atoms with van der Waals surface area (Å²) < 4.78 is 6.22. The minimum atomic E-state index is -0.675. The molecule has 2 nitrogen and oxygen atoms in total. The quantitative estimate of drug-likeness (QED) is 0.909. The van der Waals surface area contributed by atoms with Crippen LogP contribution >= 0.6 is 27.5 Å². The summed E-state index contributed by atoms with van der Waals surface area (Å²) in [5.74, 6) is 0. The first kappa shape index (κ1) is 12.4. The Morgan fingerprint density at radius 3 is 2.69 bits per heavy atom. The number of halogens is 2. The maximum absolute atomic E-state index is 10.4. The van der Waals surface area contributed by atoms with Crippen molar-refractivity contribution < 1.29 is 9.84 Å². The molecular weight excluding hydrogens is 291 g/mol. The lowest BCUT2D eigenvalue weighted by atomic mass is 9.87. The Morgan fingerprint density at radius 2 is 2.06 bits per heavy atom. The lowest BCUT2D eigenvalue weighted by Crippen LogP contribution is -2.38. The lowest BCUT2D eigenvalue weighted by molar-refractivity contribution is -0.0626. The summed E-state index contributed by atoms with van der Waals surface area (Å²) in [4.78, 5) is 0. The smallest absolute Gasteiger partial charge is 0.0732 e. The fourth-order valence-corrected chi connectivity index (χ4v) is 2.82.